The van der Waals surface area contributed by atoms with Crippen LogP contribution in [0.25, 0.3) is 6.08 Å². The average molecular weight is 378 g/mol. The molecule has 3 aromatic carbocycles. The van der Waals surface area contributed by atoms with Crippen LogP contribution in [-0.2, 0) is 4.79 Å². The highest BCUT2D eigenvalue weighted by molar-refractivity contribution is 6.34. The van der Waals surface area contributed by atoms with E-state index in [4.69, 9.17) is 16.3 Å². The number of halogens is 1. The van der Waals surface area contributed by atoms with Gasteiger partial charge < -0.3 is 10.1 Å². The maximum absolute atomic E-state index is 12.2. The molecule has 0 spiro atoms. The van der Waals surface area contributed by atoms with Crippen LogP contribution in [0, 0.1) is 0 Å². The minimum absolute atomic E-state index is 0.309. The van der Waals surface area contributed by atoms with Gasteiger partial charge >= 0.3 is 5.97 Å². The Labute approximate surface area is 162 Å². The lowest BCUT2D eigenvalue weighted by Crippen LogP contribution is -2.12. The number of carbonyl (C=O) groups is 2. The fourth-order valence-corrected chi connectivity index (χ4v) is 2.55. The van der Waals surface area contributed by atoms with E-state index in [1.165, 1.54) is 6.08 Å². The molecule has 5 heteroatoms. The van der Waals surface area contributed by atoms with Gasteiger partial charge in [-0.15, -0.1) is 0 Å². The number of carbonyl (C=O) groups excluding carboxylic acids is 2. The lowest BCUT2D eigenvalue weighted by Gasteiger charge is -2.07. The molecule has 0 aromatic heterocycles. The number of anilines is 1. The number of hydrogen-bond acceptors (Lipinski definition) is 3. The molecule has 4 nitrogen and oxygen atoms in total. The maximum Gasteiger partial charge on any atom is 0.336 e. The molecule has 3 aromatic rings. The predicted octanol–water partition coefficient (Wildman–Crippen LogP) is 5.21. The first-order chi connectivity index (χ1) is 13.1. The highest BCUT2D eigenvalue weighted by Gasteiger charge is 2.10. The summed E-state index contributed by atoms with van der Waals surface area (Å²) in [6.45, 7) is 0. The van der Waals surface area contributed by atoms with E-state index < -0.39 is 5.97 Å². The molecule has 0 radical (unpaired) electrons. The van der Waals surface area contributed by atoms with Gasteiger partial charge in [0.1, 0.15) is 5.75 Å². The van der Waals surface area contributed by atoms with Crippen molar-refractivity contribution in [1.82, 2.24) is 0 Å². The number of rotatable bonds is 5. The fraction of sp³-hybridized carbons (Fsp3) is 0. The summed E-state index contributed by atoms with van der Waals surface area (Å²) < 4.78 is 5.24. The van der Waals surface area contributed by atoms with Crippen molar-refractivity contribution in [3.05, 3.63) is 101 Å². The molecular formula is C22H16ClNO3. The normalized spacial score (nSPS) is 10.6. The zero-order valence-corrected chi connectivity index (χ0v) is 15.0. The molecule has 0 saturated carbocycles. The Morgan fingerprint density at radius 1 is 0.852 bits per heavy atom. The molecule has 0 aliphatic heterocycles. The molecule has 0 aliphatic carbocycles. The van der Waals surface area contributed by atoms with Gasteiger partial charge in [-0.1, -0.05) is 54.1 Å². The molecule has 0 bridgehead atoms. The molecule has 0 heterocycles. The summed E-state index contributed by atoms with van der Waals surface area (Å²) in [6, 6.07) is 22.8. The molecule has 0 aliphatic rings. The molecule has 134 valence electrons. The van der Waals surface area contributed by atoms with Crippen LogP contribution >= 0.6 is 11.6 Å². The van der Waals surface area contributed by atoms with E-state index in [0.717, 1.165) is 5.56 Å². The van der Waals surface area contributed by atoms with Crippen molar-refractivity contribution in [2.75, 3.05) is 5.32 Å². The Morgan fingerprint density at radius 3 is 2.22 bits per heavy atom. The zero-order chi connectivity index (χ0) is 19.1. The Kier molecular flexibility index (Phi) is 6.02. The minimum atomic E-state index is -0.480. The fourth-order valence-electron chi connectivity index (χ4n) is 2.33. The number of esters is 1. The van der Waals surface area contributed by atoms with Gasteiger partial charge in [-0.05, 0) is 48.0 Å². The number of hydrogen-bond donors (Lipinski definition) is 1. The lowest BCUT2D eigenvalue weighted by molar-refractivity contribution is -0.128. The van der Waals surface area contributed by atoms with Crippen molar-refractivity contribution in [1.29, 1.82) is 0 Å². The summed E-state index contributed by atoms with van der Waals surface area (Å²) >= 11 is 6.02. The topological polar surface area (TPSA) is 55.4 Å². The third-order valence-corrected chi connectivity index (χ3v) is 3.99. The summed E-state index contributed by atoms with van der Waals surface area (Å²) in [5.41, 5.74) is 1.87. The first-order valence-corrected chi connectivity index (χ1v) is 8.60. The summed E-state index contributed by atoms with van der Waals surface area (Å²) in [7, 11) is 0. The minimum Gasteiger partial charge on any atom is -0.423 e. The highest BCUT2D eigenvalue weighted by atomic mass is 35.5. The molecular weight excluding hydrogens is 362 g/mol. The number of benzene rings is 3. The van der Waals surface area contributed by atoms with E-state index in [9.17, 15) is 9.59 Å². The van der Waals surface area contributed by atoms with Crippen LogP contribution in [0.1, 0.15) is 15.9 Å². The highest BCUT2D eigenvalue weighted by Crippen LogP contribution is 2.19. The van der Waals surface area contributed by atoms with Crippen LogP contribution in [0.3, 0.4) is 0 Å². The number of ether oxygens (including phenoxy) is 1. The molecule has 0 atom stereocenters. The van der Waals surface area contributed by atoms with E-state index in [0.29, 0.717) is 22.0 Å². The van der Waals surface area contributed by atoms with E-state index in [1.54, 1.807) is 54.6 Å². The van der Waals surface area contributed by atoms with Crippen molar-refractivity contribution >= 4 is 35.2 Å². The second-order valence-electron chi connectivity index (χ2n) is 5.62. The summed E-state index contributed by atoms with van der Waals surface area (Å²) in [4.78, 5) is 24.1. The van der Waals surface area contributed by atoms with E-state index in [2.05, 4.69) is 5.32 Å². The van der Waals surface area contributed by atoms with E-state index >= 15 is 0 Å². The number of amides is 1. The number of nitrogens with one attached hydrogen (secondary N) is 1. The Balaban J connectivity index is 1.58. The average Bonchev–Trinajstić information content (AvgIpc) is 2.69. The summed E-state index contributed by atoms with van der Waals surface area (Å²) in [5, 5.41) is 3.13. The first-order valence-electron chi connectivity index (χ1n) is 8.23. The molecule has 0 unspecified atom stereocenters. The Bertz CT molecular complexity index is 966. The maximum atomic E-state index is 12.2. The molecule has 3 rings (SSSR count). The van der Waals surface area contributed by atoms with Gasteiger partial charge in [-0.25, -0.2) is 4.79 Å². The van der Waals surface area contributed by atoms with Gasteiger partial charge in [0.2, 0.25) is 0 Å². The summed E-state index contributed by atoms with van der Waals surface area (Å²) in [5.74, 6) is -0.406. The van der Waals surface area contributed by atoms with Crippen LogP contribution in [0.4, 0.5) is 5.69 Å². The Morgan fingerprint density at radius 2 is 1.52 bits per heavy atom. The molecule has 1 amide bonds. The van der Waals surface area contributed by atoms with Crippen LogP contribution in [0.5, 0.6) is 5.75 Å². The third-order valence-electron chi connectivity index (χ3n) is 3.66. The van der Waals surface area contributed by atoms with Crippen molar-refractivity contribution in [3.63, 3.8) is 0 Å². The monoisotopic (exact) mass is 377 g/mol. The van der Waals surface area contributed by atoms with Crippen LogP contribution < -0.4 is 10.1 Å². The van der Waals surface area contributed by atoms with Crippen LogP contribution in [0.15, 0.2) is 84.9 Å². The third kappa shape index (κ3) is 5.30. The van der Waals surface area contributed by atoms with E-state index in [-0.39, 0.29) is 5.91 Å². The van der Waals surface area contributed by atoms with Crippen molar-refractivity contribution in [2.24, 2.45) is 0 Å². The predicted molar refractivity (Wildman–Crippen MR) is 107 cm³/mol. The largest absolute Gasteiger partial charge is 0.423 e. The molecule has 0 saturated heterocycles. The van der Waals surface area contributed by atoms with E-state index in [1.807, 2.05) is 30.3 Å². The van der Waals surface area contributed by atoms with Crippen molar-refractivity contribution in [2.45, 2.75) is 0 Å². The van der Waals surface area contributed by atoms with Gasteiger partial charge in [0, 0.05) is 11.8 Å². The van der Waals surface area contributed by atoms with Gasteiger partial charge in [0.15, 0.2) is 0 Å². The molecule has 0 fully saturated rings. The summed E-state index contributed by atoms with van der Waals surface area (Å²) in [6.07, 6.45) is 3.04. The molecule has 27 heavy (non-hydrogen) atoms. The quantitative estimate of drug-likeness (QED) is 0.377. The van der Waals surface area contributed by atoms with Gasteiger partial charge in [0.05, 0.1) is 10.6 Å². The van der Waals surface area contributed by atoms with Crippen molar-refractivity contribution < 1.29 is 14.3 Å². The first kappa shape index (κ1) is 18.4. The van der Waals surface area contributed by atoms with Gasteiger partial charge in [-0.3, -0.25) is 4.79 Å². The second kappa shape index (κ2) is 8.83. The SMILES string of the molecule is O=C(/C=C/c1ccccc1)Oc1ccc(NC(=O)c2ccccc2Cl)cc1. The lowest BCUT2D eigenvalue weighted by atomic mass is 10.2. The van der Waals surface area contributed by atoms with Crippen LogP contribution in [-0.4, -0.2) is 11.9 Å². The zero-order valence-electron chi connectivity index (χ0n) is 14.3. The van der Waals surface area contributed by atoms with Crippen molar-refractivity contribution in [3.8, 4) is 5.75 Å². The molecule has 1 N–H and O–H groups in total. The second-order valence-corrected chi connectivity index (χ2v) is 6.03. The van der Waals surface area contributed by atoms with Gasteiger partial charge in [-0.2, -0.15) is 0 Å². The smallest absolute Gasteiger partial charge is 0.336 e. The Hall–Kier alpha value is -3.37. The standard InChI is InChI=1S/C22H16ClNO3/c23-20-9-5-4-8-19(20)22(26)24-17-11-13-18(14-12-17)27-21(25)15-10-16-6-2-1-3-7-16/h1-15H,(H,24,26)/b15-10+. The van der Waals surface area contributed by atoms with Gasteiger partial charge in [0.25, 0.3) is 5.91 Å². The van der Waals surface area contributed by atoms with Crippen LogP contribution in [0.2, 0.25) is 5.02 Å².